The number of carbonyl (C=O) groups is 2. The maximum Gasteiger partial charge on any atom is 0.275 e. The van der Waals surface area contributed by atoms with E-state index in [1.54, 1.807) is 16.7 Å². The highest BCUT2D eigenvalue weighted by Crippen LogP contribution is 2.36. The number of nitrogens with zero attached hydrogens (tertiary/aromatic N) is 2. The van der Waals surface area contributed by atoms with Gasteiger partial charge in [0.1, 0.15) is 17.2 Å². The number of carbonyl (C=O) groups excluding carboxylic acids is 2. The van der Waals surface area contributed by atoms with Gasteiger partial charge in [-0.15, -0.1) is 11.8 Å². The molecule has 2 amide bonds. The number of thioether (sulfide) groups is 1. The molecule has 2 aliphatic rings. The first-order valence-electron chi connectivity index (χ1n) is 9.83. The van der Waals surface area contributed by atoms with Crippen molar-refractivity contribution in [2.45, 2.75) is 44.8 Å². The number of aromatic nitrogens is 1. The summed E-state index contributed by atoms with van der Waals surface area (Å²) in [6.07, 6.45) is 0.817. The molecule has 1 fully saturated rings. The van der Waals surface area contributed by atoms with Gasteiger partial charge in [0.05, 0.1) is 11.9 Å². The Balaban J connectivity index is 1.69. The number of halogens is 2. The Kier molecular flexibility index (Phi) is 5.50. The fraction of sp³-hybridized carbons (Fsp3) is 0.381. The second kappa shape index (κ2) is 7.99. The second-order valence-corrected chi connectivity index (χ2v) is 8.98. The monoisotopic (exact) mass is 449 g/mol. The van der Waals surface area contributed by atoms with Crippen molar-refractivity contribution < 1.29 is 23.5 Å². The Morgan fingerprint density at radius 1 is 1.32 bits per heavy atom. The fourth-order valence-electron chi connectivity index (χ4n) is 4.09. The van der Waals surface area contributed by atoms with Gasteiger partial charge < -0.3 is 19.9 Å². The number of aromatic hydroxyl groups is 1. The summed E-state index contributed by atoms with van der Waals surface area (Å²) in [4.78, 5) is 40.3. The Hall–Kier alpha value is -2.88. The highest BCUT2D eigenvalue weighted by atomic mass is 32.2. The van der Waals surface area contributed by atoms with Gasteiger partial charge in [0, 0.05) is 29.9 Å². The van der Waals surface area contributed by atoms with Gasteiger partial charge in [0.2, 0.25) is 5.43 Å². The first-order chi connectivity index (χ1) is 14.7. The molecule has 0 saturated carbocycles. The summed E-state index contributed by atoms with van der Waals surface area (Å²) < 4.78 is 28.4. The number of fused-ring (bicyclic) bond motifs is 2. The smallest absolute Gasteiger partial charge is 0.275 e. The summed E-state index contributed by atoms with van der Waals surface area (Å²) in [5.41, 5.74) is -1.08. The Labute approximate surface area is 181 Å². The number of rotatable bonds is 3. The Bertz CT molecular complexity index is 1150. The van der Waals surface area contributed by atoms with E-state index in [4.69, 9.17) is 0 Å². The minimum Gasteiger partial charge on any atom is -0.503 e. The van der Waals surface area contributed by atoms with Crippen LogP contribution in [0.4, 0.5) is 8.78 Å². The number of amides is 2. The maximum absolute atomic E-state index is 13.8. The van der Waals surface area contributed by atoms with Crippen molar-refractivity contribution >= 4 is 23.6 Å². The molecule has 1 aromatic heterocycles. The lowest BCUT2D eigenvalue weighted by molar-refractivity contribution is 0.0571. The van der Waals surface area contributed by atoms with E-state index in [0.717, 1.165) is 18.2 Å². The molecule has 2 N–H and O–H groups in total. The van der Waals surface area contributed by atoms with Crippen molar-refractivity contribution in [3.05, 3.63) is 62.6 Å². The van der Waals surface area contributed by atoms with Gasteiger partial charge in [0.15, 0.2) is 11.4 Å². The van der Waals surface area contributed by atoms with Crippen molar-refractivity contribution in [2.75, 3.05) is 5.75 Å². The standard InChI is InChI=1S/C21H21F2N3O4S/c1-10-5-6-31-15-9-25-11(2)16(18(27)19(28)17(25)21(30)26(10)15)20(29)24-8-12-3-4-13(22)7-14(12)23/h3-4,7,10,15,28H,5-6,8-9H2,1-2H3,(H,24,29)/t10-,15?/m1/s1. The minimum absolute atomic E-state index is 0.0177. The maximum atomic E-state index is 13.8. The number of benzene rings is 1. The molecule has 164 valence electrons. The third-order valence-corrected chi connectivity index (χ3v) is 7.02. The third kappa shape index (κ3) is 3.58. The molecular weight excluding hydrogens is 428 g/mol. The molecule has 7 nitrogen and oxygen atoms in total. The van der Waals surface area contributed by atoms with E-state index in [0.29, 0.717) is 12.6 Å². The highest BCUT2D eigenvalue weighted by molar-refractivity contribution is 7.99. The Morgan fingerprint density at radius 2 is 2.06 bits per heavy atom. The lowest BCUT2D eigenvalue weighted by Gasteiger charge is -2.44. The van der Waals surface area contributed by atoms with Crippen LogP contribution in [0.25, 0.3) is 0 Å². The van der Waals surface area contributed by atoms with E-state index in [2.05, 4.69) is 5.32 Å². The van der Waals surface area contributed by atoms with Gasteiger partial charge in [-0.25, -0.2) is 8.78 Å². The zero-order chi connectivity index (χ0) is 22.4. The van der Waals surface area contributed by atoms with Gasteiger partial charge in [-0.05, 0) is 32.1 Å². The van der Waals surface area contributed by atoms with Crippen LogP contribution >= 0.6 is 11.8 Å². The van der Waals surface area contributed by atoms with Crippen molar-refractivity contribution in [1.82, 2.24) is 14.8 Å². The van der Waals surface area contributed by atoms with Crippen molar-refractivity contribution in [3.8, 4) is 5.75 Å². The van der Waals surface area contributed by atoms with Crippen LogP contribution in [-0.4, -0.2) is 43.6 Å². The average molecular weight is 449 g/mol. The van der Waals surface area contributed by atoms with Gasteiger partial charge in [-0.1, -0.05) is 6.07 Å². The summed E-state index contributed by atoms with van der Waals surface area (Å²) in [7, 11) is 0. The van der Waals surface area contributed by atoms with E-state index in [1.807, 2.05) is 6.92 Å². The summed E-state index contributed by atoms with van der Waals surface area (Å²) in [5, 5.41) is 12.8. The first-order valence-corrected chi connectivity index (χ1v) is 10.9. The van der Waals surface area contributed by atoms with Gasteiger partial charge in [-0.2, -0.15) is 0 Å². The molecule has 2 atom stereocenters. The number of pyridine rings is 1. The van der Waals surface area contributed by atoms with E-state index < -0.39 is 34.6 Å². The van der Waals surface area contributed by atoms with Crippen molar-refractivity contribution in [3.63, 3.8) is 0 Å². The van der Waals surface area contributed by atoms with Crippen LogP contribution in [0.3, 0.4) is 0 Å². The van der Waals surface area contributed by atoms with Gasteiger partial charge >= 0.3 is 0 Å². The SMILES string of the molecule is Cc1c(C(=O)NCc2ccc(F)cc2F)c(=O)c(O)c2n1CC1SCC[C@@H](C)N1C2=O. The average Bonchev–Trinajstić information content (AvgIpc) is 2.71. The van der Waals surface area contributed by atoms with E-state index in [1.165, 1.54) is 17.6 Å². The van der Waals surface area contributed by atoms with Crippen LogP contribution in [0.1, 0.15) is 45.4 Å². The predicted molar refractivity (Wildman–Crippen MR) is 111 cm³/mol. The van der Waals surface area contributed by atoms with E-state index in [9.17, 15) is 28.3 Å². The summed E-state index contributed by atoms with van der Waals surface area (Å²) >= 11 is 1.61. The molecule has 4 rings (SSSR count). The molecule has 1 aromatic carbocycles. The summed E-state index contributed by atoms with van der Waals surface area (Å²) in [5.74, 6) is -2.70. The van der Waals surface area contributed by atoms with Crippen molar-refractivity contribution in [2.24, 2.45) is 0 Å². The predicted octanol–water partition coefficient (Wildman–Crippen LogP) is 2.38. The van der Waals surface area contributed by atoms with Crippen LogP contribution in [-0.2, 0) is 13.1 Å². The van der Waals surface area contributed by atoms with Crippen LogP contribution in [0.15, 0.2) is 23.0 Å². The minimum atomic E-state index is -0.954. The quantitative estimate of drug-likeness (QED) is 0.751. The molecule has 2 aliphatic heterocycles. The van der Waals surface area contributed by atoms with Gasteiger partial charge in [-0.3, -0.25) is 14.4 Å². The fourth-order valence-corrected chi connectivity index (χ4v) is 5.56. The molecule has 10 heteroatoms. The lowest BCUT2D eigenvalue weighted by Crippen LogP contribution is -2.54. The molecule has 3 heterocycles. The topological polar surface area (TPSA) is 91.6 Å². The molecule has 31 heavy (non-hydrogen) atoms. The number of hydrogen-bond acceptors (Lipinski definition) is 5. The highest BCUT2D eigenvalue weighted by Gasteiger charge is 2.41. The largest absolute Gasteiger partial charge is 0.503 e. The summed E-state index contributed by atoms with van der Waals surface area (Å²) in [6, 6.07) is 2.95. The zero-order valence-electron chi connectivity index (χ0n) is 16.9. The van der Waals surface area contributed by atoms with Crippen molar-refractivity contribution in [1.29, 1.82) is 0 Å². The first kappa shape index (κ1) is 21.4. The lowest BCUT2D eigenvalue weighted by atomic mass is 10.1. The molecule has 0 radical (unpaired) electrons. The van der Waals surface area contributed by atoms with Crippen LogP contribution in [0.5, 0.6) is 5.75 Å². The van der Waals surface area contributed by atoms with E-state index in [-0.39, 0.29) is 40.5 Å². The third-order valence-electron chi connectivity index (χ3n) is 5.79. The number of nitrogens with one attached hydrogen (secondary N) is 1. The molecule has 0 bridgehead atoms. The molecule has 2 aromatic rings. The second-order valence-electron chi connectivity index (χ2n) is 7.69. The molecule has 0 spiro atoms. The zero-order valence-corrected chi connectivity index (χ0v) is 17.8. The van der Waals surface area contributed by atoms with Gasteiger partial charge in [0.25, 0.3) is 11.8 Å². The van der Waals surface area contributed by atoms with Crippen LogP contribution in [0, 0.1) is 18.6 Å². The summed E-state index contributed by atoms with van der Waals surface area (Å²) in [6.45, 7) is 3.54. The molecular formula is C21H21F2N3O4S. The molecule has 1 saturated heterocycles. The molecule has 0 aliphatic carbocycles. The van der Waals surface area contributed by atoms with Crippen LogP contribution < -0.4 is 10.7 Å². The normalized spacial score (nSPS) is 20.3. The number of hydrogen-bond donors (Lipinski definition) is 2. The molecule has 1 unspecified atom stereocenters. The van der Waals surface area contributed by atoms with E-state index >= 15 is 0 Å². The van der Waals surface area contributed by atoms with Crippen LogP contribution in [0.2, 0.25) is 0 Å². The Morgan fingerprint density at radius 3 is 2.77 bits per heavy atom.